The molecule has 0 aliphatic rings. The fourth-order valence-electron chi connectivity index (χ4n) is 0.631. The van der Waals surface area contributed by atoms with Crippen molar-refractivity contribution in [3.05, 3.63) is 0 Å². The molecule has 0 aromatic carbocycles. The third-order valence-electron chi connectivity index (χ3n) is 1.11. The van der Waals surface area contributed by atoms with Crippen molar-refractivity contribution in [3.8, 4) is 0 Å². The standard InChI is InChI=1S/C6H12O4/c7-3-1-2-5(8)4-6(9)10/h5,7-8H,1-4H2,(H,9,10). The highest BCUT2D eigenvalue weighted by Gasteiger charge is 2.07. The first-order chi connectivity index (χ1) is 4.66. The molecule has 4 heteroatoms. The van der Waals surface area contributed by atoms with Gasteiger partial charge < -0.3 is 15.3 Å². The second-order valence-electron chi connectivity index (χ2n) is 2.12. The van der Waals surface area contributed by atoms with Gasteiger partial charge in [0.1, 0.15) is 0 Å². The zero-order valence-electron chi connectivity index (χ0n) is 5.66. The van der Waals surface area contributed by atoms with Crippen LogP contribution in [0.5, 0.6) is 0 Å². The Balaban J connectivity index is 3.25. The van der Waals surface area contributed by atoms with Gasteiger partial charge in [-0.3, -0.25) is 4.79 Å². The normalized spacial score (nSPS) is 13.0. The van der Waals surface area contributed by atoms with Crippen LogP contribution in [0.1, 0.15) is 19.3 Å². The molecule has 0 heterocycles. The van der Waals surface area contributed by atoms with Crippen LogP contribution in [0.25, 0.3) is 0 Å². The first-order valence-corrected chi connectivity index (χ1v) is 3.17. The largest absolute Gasteiger partial charge is 0.481 e. The number of aliphatic hydroxyl groups is 2. The quantitative estimate of drug-likeness (QED) is 0.495. The lowest BCUT2D eigenvalue weighted by Crippen LogP contribution is -2.12. The Morgan fingerprint density at radius 1 is 1.50 bits per heavy atom. The van der Waals surface area contributed by atoms with E-state index in [0.717, 1.165) is 0 Å². The van der Waals surface area contributed by atoms with Gasteiger partial charge in [0.15, 0.2) is 0 Å². The van der Waals surface area contributed by atoms with Crippen LogP contribution >= 0.6 is 0 Å². The van der Waals surface area contributed by atoms with Gasteiger partial charge in [-0.15, -0.1) is 0 Å². The number of carboxylic acids is 1. The van der Waals surface area contributed by atoms with E-state index in [2.05, 4.69) is 0 Å². The van der Waals surface area contributed by atoms with Crippen LogP contribution in [0, 0.1) is 0 Å². The van der Waals surface area contributed by atoms with Crippen LogP contribution in [-0.2, 0) is 4.79 Å². The molecule has 0 saturated heterocycles. The molecule has 60 valence electrons. The minimum Gasteiger partial charge on any atom is -0.481 e. The molecule has 0 aliphatic carbocycles. The van der Waals surface area contributed by atoms with E-state index in [1.165, 1.54) is 0 Å². The number of hydrogen-bond acceptors (Lipinski definition) is 3. The van der Waals surface area contributed by atoms with Gasteiger partial charge in [-0.05, 0) is 12.8 Å². The van der Waals surface area contributed by atoms with Gasteiger partial charge in [0.2, 0.25) is 0 Å². The zero-order valence-corrected chi connectivity index (χ0v) is 5.66. The summed E-state index contributed by atoms with van der Waals surface area (Å²) < 4.78 is 0. The Morgan fingerprint density at radius 3 is 2.50 bits per heavy atom. The summed E-state index contributed by atoms with van der Waals surface area (Å²) in [6.45, 7) is -0.00329. The molecule has 0 amide bonds. The summed E-state index contributed by atoms with van der Waals surface area (Å²) in [6.07, 6.45) is -0.248. The van der Waals surface area contributed by atoms with E-state index >= 15 is 0 Å². The van der Waals surface area contributed by atoms with Gasteiger partial charge in [0.25, 0.3) is 0 Å². The van der Waals surface area contributed by atoms with Gasteiger partial charge in [0, 0.05) is 6.61 Å². The third-order valence-corrected chi connectivity index (χ3v) is 1.11. The SMILES string of the molecule is O=C(O)CC(O)CCCO. The lowest BCUT2D eigenvalue weighted by atomic mass is 10.1. The molecule has 10 heavy (non-hydrogen) atoms. The highest BCUT2D eigenvalue weighted by molar-refractivity contribution is 5.67. The van der Waals surface area contributed by atoms with E-state index in [1.807, 2.05) is 0 Å². The molecular weight excluding hydrogens is 136 g/mol. The van der Waals surface area contributed by atoms with Crippen molar-refractivity contribution >= 4 is 5.97 Å². The molecule has 0 fully saturated rings. The monoisotopic (exact) mass is 148 g/mol. The summed E-state index contributed by atoms with van der Waals surface area (Å²) in [7, 11) is 0. The van der Waals surface area contributed by atoms with Crippen molar-refractivity contribution in [1.29, 1.82) is 0 Å². The molecule has 0 bridgehead atoms. The average Bonchev–Trinajstić information content (AvgIpc) is 1.82. The summed E-state index contributed by atoms with van der Waals surface area (Å²) in [5.41, 5.74) is 0. The van der Waals surface area contributed by atoms with E-state index in [0.29, 0.717) is 12.8 Å². The molecule has 0 aromatic rings. The van der Waals surface area contributed by atoms with Crippen molar-refractivity contribution in [2.24, 2.45) is 0 Å². The Labute approximate surface area is 59.1 Å². The average molecular weight is 148 g/mol. The number of rotatable bonds is 5. The van der Waals surface area contributed by atoms with Gasteiger partial charge in [-0.2, -0.15) is 0 Å². The van der Waals surface area contributed by atoms with Crippen LogP contribution in [-0.4, -0.2) is 34.0 Å². The third kappa shape index (κ3) is 5.53. The van der Waals surface area contributed by atoms with Gasteiger partial charge in [0.05, 0.1) is 12.5 Å². The number of carbonyl (C=O) groups is 1. The van der Waals surface area contributed by atoms with Crippen molar-refractivity contribution in [1.82, 2.24) is 0 Å². The summed E-state index contributed by atoms with van der Waals surface area (Å²) >= 11 is 0. The van der Waals surface area contributed by atoms with Crippen LogP contribution in [0.4, 0.5) is 0 Å². The van der Waals surface area contributed by atoms with Crippen molar-refractivity contribution in [3.63, 3.8) is 0 Å². The van der Waals surface area contributed by atoms with Crippen molar-refractivity contribution in [2.75, 3.05) is 6.61 Å². The summed E-state index contributed by atoms with van der Waals surface area (Å²) in [5, 5.41) is 25.3. The van der Waals surface area contributed by atoms with E-state index in [1.54, 1.807) is 0 Å². The zero-order chi connectivity index (χ0) is 7.98. The second kappa shape index (κ2) is 5.20. The molecular formula is C6H12O4. The van der Waals surface area contributed by atoms with Crippen LogP contribution < -0.4 is 0 Å². The molecule has 0 rings (SSSR count). The Kier molecular flexibility index (Phi) is 4.88. The molecule has 0 saturated carbocycles. The van der Waals surface area contributed by atoms with Crippen LogP contribution in [0.3, 0.4) is 0 Å². The van der Waals surface area contributed by atoms with Gasteiger partial charge in [-0.25, -0.2) is 0 Å². The Hall–Kier alpha value is -0.610. The van der Waals surface area contributed by atoms with E-state index in [-0.39, 0.29) is 13.0 Å². The smallest absolute Gasteiger partial charge is 0.305 e. The first kappa shape index (κ1) is 9.39. The van der Waals surface area contributed by atoms with Crippen LogP contribution in [0.2, 0.25) is 0 Å². The fourth-order valence-corrected chi connectivity index (χ4v) is 0.631. The molecule has 1 unspecified atom stereocenters. The molecule has 3 N–H and O–H groups in total. The molecule has 1 atom stereocenters. The minimum absolute atomic E-state index is 0.00329. The summed E-state index contributed by atoms with van der Waals surface area (Å²) in [6, 6.07) is 0. The van der Waals surface area contributed by atoms with E-state index < -0.39 is 12.1 Å². The topological polar surface area (TPSA) is 77.8 Å². The van der Waals surface area contributed by atoms with Gasteiger partial charge >= 0.3 is 5.97 Å². The summed E-state index contributed by atoms with van der Waals surface area (Å²) in [5.74, 6) is -1.01. The lowest BCUT2D eigenvalue weighted by Gasteiger charge is -2.04. The van der Waals surface area contributed by atoms with E-state index in [4.69, 9.17) is 15.3 Å². The molecule has 4 nitrogen and oxygen atoms in total. The Bertz CT molecular complexity index is 102. The molecule has 0 spiro atoms. The highest BCUT2D eigenvalue weighted by Crippen LogP contribution is 2.00. The maximum Gasteiger partial charge on any atom is 0.305 e. The van der Waals surface area contributed by atoms with Crippen LogP contribution in [0.15, 0.2) is 0 Å². The molecule has 0 aliphatic heterocycles. The number of hydrogen-bond donors (Lipinski definition) is 3. The fraction of sp³-hybridized carbons (Fsp3) is 0.833. The predicted molar refractivity (Wildman–Crippen MR) is 34.6 cm³/mol. The predicted octanol–water partition coefficient (Wildman–Crippen LogP) is -0.406. The number of carboxylic acid groups (broad SMARTS) is 1. The number of aliphatic hydroxyl groups excluding tert-OH is 2. The van der Waals surface area contributed by atoms with E-state index in [9.17, 15) is 4.79 Å². The van der Waals surface area contributed by atoms with Crippen molar-refractivity contribution in [2.45, 2.75) is 25.4 Å². The lowest BCUT2D eigenvalue weighted by molar-refractivity contribution is -0.139. The van der Waals surface area contributed by atoms with Gasteiger partial charge in [-0.1, -0.05) is 0 Å². The maximum absolute atomic E-state index is 9.95. The van der Waals surface area contributed by atoms with Crippen molar-refractivity contribution < 1.29 is 20.1 Å². The highest BCUT2D eigenvalue weighted by atomic mass is 16.4. The maximum atomic E-state index is 9.95. The minimum atomic E-state index is -1.01. The molecule has 0 radical (unpaired) electrons. The summed E-state index contributed by atoms with van der Waals surface area (Å²) in [4.78, 5) is 9.95. The molecule has 0 aromatic heterocycles. The number of aliphatic carboxylic acids is 1. The Morgan fingerprint density at radius 2 is 2.10 bits per heavy atom. The second-order valence-corrected chi connectivity index (χ2v) is 2.12. The first-order valence-electron chi connectivity index (χ1n) is 3.17.